The molecule has 1 aliphatic carbocycles. The van der Waals surface area contributed by atoms with Gasteiger partial charge in [-0.25, -0.2) is 9.59 Å². The van der Waals surface area contributed by atoms with Crippen molar-refractivity contribution >= 4 is 11.9 Å². The van der Waals surface area contributed by atoms with Crippen molar-refractivity contribution in [3.63, 3.8) is 0 Å². The summed E-state index contributed by atoms with van der Waals surface area (Å²) < 4.78 is 0. The Morgan fingerprint density at radius 1 is 0.800 bits per heavy atom. The SMILES string of the molecule is CCCCCCC(CCC1CCCCC1)C(CC(C)C(=O)OOC(C)(C)C)C(=O)OOC(C)(C)C. The van der Waals surface area contributed by atoms with Crippen LogP contribution in [0.2, 0.25) is 0 Å². The second kappa shape index (κ2) is 15.9. The zero-order valence-electron chi connectivity index (χ0n) is 24.0. The fraction of sp³-hybridized carbons (Fsp3) is 0.931. The van der Waals surface area contributed by atoms with Crippen molar-refractivity contribution in [2.45, 2.75) is 150 Å². The van der Waals surface area contributed by atoms with Gasteiger partial charge in [0, 0.05) is 0 Å². The first-order valence-electron chi connectivity index (χ1n) is 14.1. The summed E-state index contributed by atoms with van der Waals surface area (Å²) in [5.74, 6) is -0.834. The van der Waals surface area contributed by atoms with Gasteiger partial charge in [-0.05, 0) is 72.6 Å². The van der Waals surface area contributed by atoms with Crippen molar-refractivity contribution in [3.05, 3.63) is 0 Å². The summed E-state index contributed by atoms with van der Waals surface area (Å²) in [6, 6.07) is 0. The Balaban J connectivity index is 2.97. The predicted octanol–water partition coefficient (Wildman–Crippen LogP) is 8.12. The lowest BCUT2D eigenvalue weighted by Gasteiger charge is -2.30. The first-order chi connectivity index (χ1) is 16.3. The molecule has 35 heavy (non-hydrogen) atoms. The van der Waals surface area contributed by atoms with Gasteiger partial charge in [-0.2, -0.15) is 9.78 Å². The second-order valence-electron chi connectivity index (χ2n) is 12.6. The summed E-state index contributed by atoms with van der Waals surface area (Å²) in [4.78, 5) is 47.0. The van der Waals surface area contributed by atoms with Gasteiger partial charge in [-0.15, -0.1) is 0 Å². The molecule has 0 saturated heterocycles. The molecular formula is C29H54O6. The van der Waals surface area contributed by atoms with Crippen LogP contribution in [-0.4, -0.2) is 23.1 Å². The van der Waals surface area contributed by atoms with Crippen molar-refractivity contribution in [2.75, 3.05) is 0 Å². The maximum Gasteiger partial charge on any atom is 0.345 e. The fourth-order valence-electron chi connectivity index (χ4n) is 4.74. The number of carbonyl (C=O) groups excluding carboxylic acids is 2. The minimum atomic E-state index is -0.593. The second-order valence-corrected chi connectivity index (χ2v) is 12.6. The van der Waals surface area contributed by atoms with E-state index in [1.165, 1.54) is 44.9 Å². The van der Waals surface area contributed by atoms with Crippen molar-refractivity contribution in [2.24, 2.45) is 23.7 Å². The number of carbonyl (C=O) groups is 2. The molecule has 0 bridgehead atoms. The molecule has 0 aliphatic heterocycles. The highest BCUT2D eigenvalue weighted by molar-refractivity contribution is 5.75. The fourth-order valence-corrected chi connectivity index (χ4v) is 4.74. The molecule has 0 spiro atoms. The minimum absolute atomic E-state index is 0.156. The molecule has 1 rings (SSSR count). The first kappa shape index (κ1) is 31.9. The molecule has 6 nitrogen and oxygen atoms in total. The summed E-state index contributed by atoms with van der Waals surface area (Å²) in [5.41, 5.74) is -1.18. The molecule has 0 amide bonds. The Morgan fingerprint density at radius 2 is 1.37 bits per heavy atom. The van der Waals surface area contributed by atoms with E-state index in [4.69, 9.17) is 19.6 Å². The summed E-state index contributed by atoms with van der Waals surface area (Å²) in [6.07, 6.45) is 14.6. The topological polar surface area (TPSA) is 71.1 Å². The molecule has 1 fully saturated rings. The molecule has 1 aliphatic rings. The average Bonchev–Trinajstić information content (AvgIpc) is 2.78. The first-order valence-corrected chi connectivity index (χ1v) is 14.1. The number of unbranched alkanes of at least 4 members (excludes halogenated alkanes) is 3. The monoisotopic (exact) mass is 498 g/mol. The number of rotatable bonds is 15. The van der Waals surface area contributed by atoms with E-state index in [0.29, 0.717) is 6.42 Å². The third kappa shape index (κ3) is 14.9. The third-order valence-corrected chi connectivity index (χ3v) is 6.73. The van der Waals surface area contributed by atoms with Crippen LogP contribution in [0.15, 0.2) is 0 Å². The van der Waals surface area contributed by atoms with Crippen LogP contribution >= 0.6 is 0 Å². The Morgan fingerprint density at radius 3 is 1.91 bits per heavy atom. The van der Waals surface area contributed by atoms with Gasteiger partial charge < -0.3 is 0 Å². The molecule has 206 valence electrons. The van der Waals surface area contributed by atoms with Gasteiger partial charge in [0.2, 0.25) is 0 Å². The van der Waals surface area contributed by atoms with E-state index in [9.17, 15) is 9.59 Å². The standard InChI is InChI=1S/C29H54O6/c1-9-10-11-15-18-24(20-19-23-16-13-12-14-17-23)25(27(31)33-35-29(6,7)8)21-22(2)26(30)32-34-28(3,4)5/h22-25H,9-21H2,1-8H3. The molecule has 0 aromatic heterocycles. The van der Waals surface area contributed by atoms with E-state index in [1.54, 1.807) is 6.92 Å². The average molecular weight is 499 g/mol. The summed E-state index contributed by atoms with van der Waals surface area (Å²) >= 11 is 0. The third-order valence-electron chi connectivity index (χ3n) is 6.73. The van der Waals surface area contributed by atoms with Crippen LogP contribution in [0.4, 0.5) is 0 Å². The zero-order valence-corrected chi connectivity index (χ0v) is 24.0. The minimum Gasteiger partial charge on any atom is -0.298 e. The van der Waals surface area contributed by atoms with E-state index in [-0.39, 0.29) is 11.9 Å². The lowest BCUT2D eigenvalue weighted by atomic mass is 9.76. The normalized spacial score (nSPS) is 18.1. The Labute approximate surface area is 215 Å². The Kier molecular flexibility index (Phi) is 14.5. The van der Waals surface area contributed by atoms with Crippen LogP contribution in [0, 0.1) is 23.7 Å². The lowest BCUT2D eigenvalue weighted by Crippen LogP contribution is -2.33. The molecule has 0 N–H and O–H groups in total. The molecule has 1 saturated carbocycles. The van der Waals surface area contributed by atoms with Gasteiger partial charge in [-0.3, -0.25) is 9.78 Å². The van der Waals surface area contributed by atoms with Gasteiger partial charge >= 0.3 is 11.9 Å². The van der Waals surface area contributed by atoms with Gasteiger partial charge in [0.25, 0.3) is 0 Å². The van der Waals surface area contributed by atoms with Crippen molar-refractivity contribution < 1.29 is 29.1 Å². The molecular weight excluding hydrogens is 444 g/mol. The molecule has 0 aromatic rings. The highest BCUT2D eigenvalue weighted by atomic mass is 17.2. The Hall–Kier alpha value is -1.14. The van der Waals surface area contributed by atoms with E-state index in [1.807, 2.05) is 41.5 Å². The van der Waals surface area contributed by atoms with E-state index >= 15 is 0 Å². The highest BCUT2D eigenvalue weighted by Crippen LogP contribution is 2.35. The van der Waals surface area contributed by atoms with E-state index in [0.717, 1.165) is 38.0 Å². The lowest BCUT2D eigenvalue weighted by molar-refractivity contribution is -0.326. The molecule has 0 aromatic carbocycles. The molecule has 0 radical (unpaired) electrons. The summed E-state index contributed by atoms with van der Waals surface area (Å²) in [7, 11) is 0. The van der Waals surface area contributed by atoms with Crippen LogP contribution < -0.4 is 0 Å². The molecule has 0 heterocycles. The summed E-state index contributed by atoms with van der Waals surface area (Å²) in [5, 5.41) is 0. The van der Waals surface area contributed by atoms with Crippen molar-refractivity contribution in [1.29, 1.82) is 0 Å². The van der Waals surface area contributed by atoms with Gasteiger partial charge in [0.15, 0.2) is 0 Å². The zero-order chi connectivity index (χ0) is 26.5. The van der Waals surface area contributed by atoms with Crippen LogP contribution in [0.3, 0.4) is 0 Å². The summed E-state index contributed by atoms with van der Waals surface area (Å²) in [6.45, 7) is 15.0. The van der Waals surface area contributed by atoms with E-state index in [2.05, 4.69) is 6.92 Å². The van der Waals surface area contributed by atoms with Gasteiger partial charge in [0.05, 0.1) is 11.8 Å². The van der Waals surface area contributed by atoms with Crippen LogP contribution in [0.5, 0.6) is 0 Å². The molecule has 3 unspecified atom stereocenters. The number of hydrogen-bond acceptors (Lipinski definition) is 6. The van der Waals surface area contributed by atoms with Crippen LogP contribution in [0.1, 0.15) is 139 Å². The van der Waals surface area contributed by atoms with Crippen LogP contribution in [0.25, 0.3) is 0 Å². The predicted molar refractivity (Wildman–Crippen MR) is 139 cm³/mol. The van der Waals surface area contributed by atoms with Crippen molar-refractivity contribution in [3.8, 4) is 0 Å². The number of hydrogen-bond donors (Lipinski definition) is 0. The maximum absolute atomic E-state index is 13.3. The molecule has 3 atom stereocenters. The quantitative estimate of drug-likeness (QED) is 0.129. The van der Waals surface area contributed by atoms with Crippen LogP contribution in [-0.2, 0) is 29.1 Å². The van der Waals surface area contributed by atoms with E-state index < -0.39 is 29.0 Å². The maximum atomic E-state index is 13.3. The smallest absolute Gasteiger partial charge is 0.298 e. The highest BCUT2D eigenvalue weighted by Gasteiger charge is 2.35. The van der Waals surface area contributed by atoms with Crippen molar-refractivity contribution in [1.82, 2.24) is 0 Å². The Bertz CT molecular complexity index is 597. The molecule has 6 heteroatoms. The van der Waals surface area contributed by atoms with Gasteiger partial charge in [0.1, 0.15) is 11.2 Å². The van der Waals surface area contributed by atoms with Gasteiger partial charge in [-0.1, -0.05) is 78.1 Å². The largest absolute Gasteiger partial charge is 0.345 e.